The van der Waals surface area contributed by atoms with Crippen molar-refractivity contribution < 1.29 is 4.79 Å². The quantitative estimate of drug-likeness (QED) is 0.944. The molecule has 5 heteroatoms. The zero-order chi connectivity index (χ0) is 14.1. The molecule has 1 aromatic carbocycles. The van der Waals surface area contributed by atoms with E-state index in [0.29, 0.717) is 0 Å². The van der Waals surface area contributed by atoms with Crippen molar-refractivity contribution in [1.82, 2.24) is 4.98 Å². The number of carbonyl (C=O) groups excluding carboxylic acids is 1. The molecular formula is C15H19N3OS. The van der Waals surface area contributed by atoms with Crippen molar-refractivity contribution in [3.8, 4) is 0 Å². The first-order chi connectivity index (χ1) is 9.69. The molecule has 1 amide bonds. The number of benzene rings is 1. The van der Waals surface area contributed by atoms with Gasteiger partial charge >= 0.3 is 0 Å². The summed E-state index contributed by atoms with van der Waals surface area (Å²) < 4.78 is 1.25. The minimum Gasteiger partial charge on any atom is -0.369 e. The molecule has 1 aliphatic heterocycles. The Balaban J connectivity index is 1.83. The zero-order valence-electron chi connectivity index (χ0n) is 11.6. The third kappa shape index (κ3) is 2.38. The SMILES string of the molecule is CCc1cccc2sc(N3CCC(C(N)=O)CC3)nc12. The fourth-order valence-corrected chi connectivity index (χ4v) is 3.84. The van der Waals surface area contributed by atoms with Gasteiger partial charge in [0, 0.05) is 19.0 Å². The van der Waals surface area contributed by atoms with E-state index >= 15 is 0 Å². The van der Waals surface area contributed by atoms with Crippen molar-refractivity contribution in [3.05, 3.63) is 23.8 Å². The molecule has 20 heavy (non-hydrogen) atoms. The van der Waals surface area contributed by atoms with Crippen molar-refractivity contribution in [1.29, 1.82) is 0 Å². The number of nitrogens with zero attached hydrogens (tertiary/aromatic N) is 2. The van der Waals surface area contributed by atoms with Gasteiger partial charge in [0.25, 0.3) is 0 Å². The second-order valence-corrected chi connectivity index (χ2v) is 6.29. The lowest BCUT2D eigenvalue weighted by Crippen LogP contribution is -2.38. The van der Waals surface area contributed by atoms with E-state index in [1.165, 1.54) is 10.3 Å². The normalized spacial score (nSPS) is 16.8. The summed E-state index contributed by atoms with van der Waals surface area (Å²) in [6.07, 6.45) is 2.68. The number of piperidine rings is 1. The van der Waals surface area contributed by atoms with E-state index in [1.54, 1.807) is 11.3 Å². The van der Waals surface area contributed by atoms with Crippen LogP contribution in [0.2, 0.25) is 0 Å². The van der Waals surface area contributed by atoms with E-state index < -0.39 is 0 Å². The molecule has 2 aromatic rings. The topological polar surface area (TPSA) is 59.2 Å². The van der Waals surface area contributed by atoms with Crippen LogP contribution in [0.3, 0.4) is 0 Å². The summed E-state index contributed by atoms with van der Waals surface area (Å²) in [7, 11) is 0. The highest BCUT2D eigenvalue weighted by molar-refractivity contribution is 7.22. The molecule has 2 heterocycles. The summed E-state index contributed by atoms with van der Waals surface area (Å²) in [5.41, 5.74) is 7.81. The van der Waals surface area contributed by atoms with E-state index in [2.05, 4.69) is 30.0 Å². The Bertz CT molecular complexity index is 629. The smallest absolute Gasteiger partial charge is 0.220 e. The van der Waals surface area contributed by atoms with Crippen LogP contribution < -0.4 is 10.6 Å². The van der Waals surface area contributed by atoms with Gasteiger partial charge in [-0.25, -0.2) is 4.98 Å². The van der Waals surface area contributed by atoms with Gasteiger partial charge in [-0.2, -0.15) is 0 Å². The van der Waals surface area contributed by atoms with Gasteiger partial charge in [0.2, 0.25) is 5.91 Å². The number of primary amides is 1. The molecule has 0 spiro atoms. The van der Waals surface area contributed by atoms with Crippen molar-refractivity contribution in [2.45, 2.75) is 26.2 Å². The van der Waals surface area contributed by atoms with Crippen LogP contribution in [0.5, 0.6) is 0 Å². The number of fused-ring (bicyclic) bond motifs is 1. The van der Waals surface area contributed by atoms with Crippen LogP contribution >= 0.6 is 11.3 Å². The van der Waals surface area contributed by atoms with Crippen molar-refractivity contribution >= 4 is 32.6 Å². The number of hydrogen-bond donors (Lipinski definition) is 1. The Morgan fingerprint density at radius 1 is 1.45 bits per heavy atom. The third-order valence-electron chi connectivity index (χ3n) is 4.04. The van der Waals surface area contributed by atoms with Crippen molar-refractivity contribution in [2.75, 3.05) is 18.0 Å². The molecule has 2 N–H and O–H groups in total. The van der Waals surface area contributed by atoms with Gasteiger partial charge in [-0.15, -0.1) is 0 Å². The summed E-state index contributed by atoms with van der Waals surface area (Å²) in [4.78, 5) is 18.3. The first kappa shape index (κ1) is 13.4. The number of thiazole rings is 1. The number of para-hydroxylation sites is 1. The van der Waals surface area contributed by atoms with Crippen molar-refractivity contribution in [2.24, 2.45) is 11.7 Å². The van der Waals surface area contributed by atoms with E-state index in [-0.39, 0.29) is 11.8 Å². The van der Waals surface area contributed by atoms with Gasteiger partial charge in [-0.3, -0.25) is 4.79 Å². The van der Waals surface area contributed by atoms with Crippen LogP contribution in [-0.4, -0.2) is 24.0 Å². The zero-order valence-corrected chi connectivity index (χ0v) is 12.4. The Hall–Kier alpha value is -1.62. The molecule has 3 rings (SSSR count). The van der Waals surface area contributed by atoms with Crippen molar-refractivity contribution in [3.63, 3.8) is 0 Å². The van der Waals surface area contributed by atoms with Crippen LogP contribution in [0.15, 0.2) is 18.2 Å². The average Bonchev–Trinajstić information content (AvgIpc) is 2.91. The summed E-state index contributed by atoms with van der Waals surface area (Å²) in [6, 6.07) is 6.37. The lowest BCUT2D eigenvalue weighted by Gasteiger charge is -2.30. The minimum atomic E-state index is -0.165. The van der Waals surface area contributed by atoms with Gasteiger partial charge in [0.05, 0.1) is 10.2 Å². The fraction of sp³-hybridized carbons (Fsp3) is 0.467. The summed E-state index contributed by atoms with van der Waals surface area (Å²) in [5, 5.41) is 1.07. The Morgan fingerprint density at radius 3 is 2.85 bits per heavy atom. The molecule has 4 nitrogen and oxygen atoms in total. The maximum absolute atomic E-state index is 11.2. The maximum atomic E-state index is 11.2. The molecule has 1 aromatic heterocycles. The number of amides is 1. The van der Waals surface area contributed by atoms with Gasteiger partial charge < -0.3 is 10.6 Å². The number of aromatic nitrogens is 1. The maximum Gasteiger partial charge on any atom is 0.220 e. The fourth-order valence-electron chi connectivity index (χ4n) is 2.77. The second-order valence-electron chi connectivity index (χ2n) is 5.28. The van der Waals surface area contributed by atoms with Crippen LogP contribution in [0.25, 0.3) is 10.2 Å². The lowest BCUT2D eigenvalue weighted by molar-refractivity contribution is -0.122. The first-order valence-corrected chi connectivity index (χ1v) is 7.93. The molecule has 106 valence electrons. The molecule has 0 bridgehead atoms. The molecule has 1 aliphatic rings. The largest absolute Gasteiger partial charge is 0.369 e. The molecule has 1 fully saturated rings. The number of nitrogens with two attached hydrogens (primary N) is 1. The summed E-state index contributed by atoms with van der Waals surface area (Å²) in [6.45, 7) is 3.90. The standard InChI is InChI=1S/C15H19N3OS/c1-2-10-4-3-5-12-13(10)17-15(20-12)18-8-6-11(7-9-18)14(16)19/h3-5,11H,2,6-9H2,1H3,(H2,16,19). The minimum absolute atomic E-state index is 0.0341. The number of hydrogen-bond acceptors (Lipinski definition) is 4. The molecule has 0 radical (unpaired) electrons. The molecule has 0 saturated carbocycles. The molecule has 0 unspecified atom stereocenters. The predicted molar refractivity (Wildman–Crippen MR) is 83.1 cm³/mol. The van der Waals surface area contributed by atoms with Crippen LogP contribution in [0.4, 0.5) is 5.13 Å². The van der Waals surface area contributed by atoms with E-state index in [0.717, 1.165) is 43.0 Å². The first-order valence-electron chi connectivity index (χ1n) is 7.11. The Labute approximate surface area is 122 Å². The van der Waals surface area contributed by atoms with E-state index in [1.807, 2.05) is 0 Å². The van der Waals surface area contributed by atoms with Gasteiger partial charge in [0.15, 0.2) is 5.13 Å². The number of carbonyl (C=O) groups is 1. The lowest BCUT2D eigenvalue weighted by atomic mass is 9.97. The Kier molecular flexibility index (Phi) is 3.61. The third-order valence-corrected chi connectivity index (χ3v) is 5.12. The highest BCUT2D eigenvalue weighted by atomic mass is 32.1. The second kappa shape index (κ2) is 5.40. The van der Waals surface area contributed by atoms with Gasteiger partial charge in [-0.1, -0.05) is 30.4 Å². The van der Waals surface area contributed by atoms with E-state index in [4.69, 9.17) is 10.7 Å². The van der Waals surface area contributed by atoms with Crippen LogP contribution in [0, 0.1) is 5.92 Å². The van der Waals surface area contributed by atoms with E-state index in [9.17, 15) is 4.79 Å². The summed E-state index contributed by atoms with van der Waals surface area (Å²) in [5.74, 6) is -0.131. The molecule has 0 aliphatic carbocycles. The predicted octanol–water partition coefficient (Wildman–Crippen LogP) is 2.56. The number of rotatable bonds is 3. The van der Waals surface area contributed by atoms with Gasteiger partial charge in [-0.05, 0) is 30.9 Å². The van der Waals surface area contributed by atoms with Crippen LogP contribution in [0.1, 0.15) is 25.3 Å². The molecule has 1 saturated heterocycles. The highest BCUT2D eigenvalue weighted by Crippen LogP contribution is 2.33. The monoisotopic (exact) mass is 289 g/mol. The Morgan fingerprint density at radius 2 is 2.20 bits per heavy atom. The average molecular weight is 289 g/mol. The van der Waals surface area contributed by atoms with Gasteiger partial charge in [0.1, 0.15) is 0 Å². The van der Waals surface area contributed by atoms with Crippen LogP contribution in [-0.2, 0) is 11.2 Å². The number of anilines is 1. The highest BCUT2D eigenvalue weighted by Gasteiger charge is 2.24. The summed E-state index contributed by atoms with van der Waals surface area (Å²) >= 11 is 1.74. The molecule has 0 atom stereocenters. The molecular weight excluding hydrogens is 270 g/mol. The number of aryl methyl sites for hydroxylation is 1.